The summed E-state index contributed by atoms with van der Waals surface area (Å²) in [5.74, 6) is -0.562. The first-order valence-corrected chi connectivity index (χ1v) is 6.29. The number of unbranched alkanes of at least 4 members (excludes halogenated alkanes) is 1. The standard InChI is InChI=1S/C4H10NO4P.C4H10/c1-5(2)4(6)3-10(7,8)9;1-3-4-2/h3H2,1-2H3,(H2,7,8,9);3-4H2,1-2H3. The lowest BCUT2D eigenvalue weighted by Gasteiger charge is -2.09. The van der Waals surface area contributed by atoms with Gasteiger partial charge in [-0.15, -0.1) is 0 Å². The van der Waals surface area contributed by atoms with Crippen LogP contribution in [0.5, 0.6) is 0 Å². The maximum absolute atomic E-state index is 10.6. The molecule has 0 radical (unpaired) electrons. The summed E-state index contributed by atoms with van der Waals surface area (Å²) in [4.78, 5) is 28.3. The second-order valence-corrected chi connectivity index (χ2v) is 4.76. The van der Waals surface area contributed by atoms with Crippen LogP contribution < -0.4 is 0 Å². The van der Waals surface area contributed by atoms with Crippen LogP contribution in [-0.2, 0) is 9.36 Å². The van der Waals surface area contributed by atoms with Gasteiger partial charge in [-0.1, -0.05) is 26.7 Å². The van der Waals surface area contributed by atoms with E-state index in [4.69, 9.17) is 9.79 Å². The molecule has 0 saturated carbocycles. The molecule has 6 heteroatoms. The average molecular weight is 225 g/mol. The molecule has 2 N–H and O–H groups in total. The van der Waals surface area contributed by atoms with E-state index in [1.807, 2.05) is 0 Å². The molecule has 14 heavy (non-hydrogen) atoms. The van der Waals surface area contributed by atoms with Crippen LogP contribution in [0.4, 0.5) is 0 Å². The Bertz CT molecular complexity index is 198. The third-order valence-electron chi connectivity index (χ3n) is 1.34. The molecule has 0 saturated heterocycles. The monoisotopic (exact) mass is 225 g/mol. The molecule has 0 aliphatic rings. The number of carbonyl (C=O) groups excluding carboxylic acids is 1. The minimum atomic E-state index is -4.17. The van der Waals surface area contributed by atoms with Crippen LogP contribution in [-0.4, -0.2) is 40.9 Å². The van der Waals surface area contributed by atoms with E-state index in [1.165, 1.54) is 26.9 Å². The van der Waals surface area contributed by atoms with Crippen LogP contribution in [0, 0.1) is 0 Å². The highest BCUT2D eigenvalue weighted by Gasteiger charge is 2.19. The van der Waals surface area contributed by atoms with Gasteiger partial charge in [-0.2, -0.15) is 0 Å². The molecule has 1 amide bonds. The number of hydrogen-bond acceptors (Lipinski definition) is 2. The zero-order chi connectivity index (χ0) is 11.8. The second-order valence-electron chi connectivity index (χ2n) is 3.11. The van der Waals surface area contributed by atoms with Gasteiger partial charge in [-0.3, -0.25) is 9.36 Å². The Morgan fingerprint density at radius 3 is 1.64 bits per heavy atom. The van der Waals surface area contributed by atoms with Gasteiger partial charge in [-0.25, -0.2) is 0 Å². The van der Waals surface area contributed by atoms with Gasteiger partial charge in [0, 0.05) is 14.1 Å². The van der Waals surface area contributed by atoms with Crippen molar-refractivity contribution < 1.29 is 19.1 Å². The lowest BCUT2D eigenvalue weighted by molar-refractivity contribution is -0.126. The Balaban J connectivity index is 0. The summed E-state index contributed by atoms with van der Waals surface area (Å²) < 4.78 is 10.2. The summed E-state index contributed by atoms with van der Waals surface area (Å²) in [5.41, 5.74) is 0. The van der Waals surface area contributed by atoms with Crippen molar-refractivity contribution in [2.75, 3.05) is 20.3 Å². The molecule has 0 heterocycles. The summed E-state index contributed by atoms with van der Waals surface area (Å²) in [6.45, 7) is 4.36. The van der Waals surface area contributed by atoms with Crippen molar-refractivity contribution in [3.8, 4) is 0 Å². The van der Waals surface area contributed by atoms with E-state index in [0.717, 1.165) is 4.90 Å². The van der Waals surface area contributed by atoms with Gasteiger partial charge in [0.25, 0.3) is 0 Å². The van der Waals surface area contributed by atoms with Gasteiger partial charge in [0.05, 0.1) is 0 Å². The third kappa shape index (κ3) is 14.2. The average Bonchev–Trinajstić information content (AvgIpc) is 2.02. The molecule has 0 aliphatic heterocycles. The first-order valence-electron chi connectivity index (χ1n) is 4.49. The summed E-state index contributed by atoms with van der Waals surface area (Å²) in [6, 6.07) is 0. The molecule has 86 valence electrons. The van der Waals surface area contributed by atoms with E-state index in [-0.39, 0.29) is 0 Å². The summed E-state index contributed by atoms with van der Waals surface area (Å²) in [7, 11) is -1.28. The predicted octanol–water partition coefficient (Wildman–Crippen LogP) is 1.06. The number of carbonyl (C=O) groups is 1. The van der Waals surface area contributed by atoms with Gasteiger partial charge in [0.2, 0.25) is 5.91 Å². The van der Waals surface area contributed by atoms with Crippen molar-refractivity contribution in [1.29, 1.82) is 0 Å². The van der Waals surface area contributed by atoms with E-state index < -0.39 is 19.7 Å². The van der Waals surface area contributed by atoms with Crippen molar-refractivity contribution in [1.82, 2.24) is 4.90 Å². The molecule has 0 bridgehead atoms. The van der Waals surface area contributed by atoms with Crippen LogP contribution in [0.1, 0.15) is 26.7 Å². The molecule has 0 fully saturated rings. The van der Waals surface area contributed by atoms with E-state index in [9.17, 15) is 9.36 Å². The summed E-state index contributed by atoms with van der Waals surface area (Å²) >= 11 is 0. The SMILES string of the molecule is CCCC.CN(C)C(=O)CP(=O)(O)O. The number of nitrogens with zero attached hydrogens (tertiary/aromatic N) is 1. The molecule has 0 aliphatic carbocycles. The molecule has 0 aromatic heterocycles. The van der Waals surface area contributed by atoms with E-state index in [0.29, 0.717) is 0 Å². The lowest BCUT2D eigenvalue weighted by atomic mass is 10.4. The topological polar surface area (TPSA) is 77.8 Å². The minimum Gasteiger partial charge on any atom is -0.348 e. The molecule has 0 atom stereocenters. The Morgan fingerprint density at radius 2 is 1.57 bits per heavy atom. The fourth-order valence-corrected chi connectivity index (χ4v) is 0.953. The number of hydrogen-bond donors (Lipinski definition) is 2. The van der Waals surface area contributed by atoms with Crippen LogP contribution in [0.15, 0.2) is 0 Å². The van der Waals surface area contributed by atoms with Gasteiger partial charge < -0.3 is 14.7 Å². The number of rotatable bonds is 3. The molecule has 0 aromatic carbocycles. The second kappa shape index (κ2) is 7.97. The molecule has 0 aromatic rings. The summed E-state index contributed by atoms with van der Waals surface area (Å²) in [6.07, 6.45) is 1.93. The van der Waals surface area contributed by atoms with Gasteiger partial charge in [-0.05, 0) is 0 Å². The van der Waals surface area contributed by atoms with Crippen LogP contribution in [0.25, 0.3) is 0 Å². The van der Waals surface area contributed by atoms with Crippen molar-refractivity contribution in [2.45, 2.75) is 26.7 Å². The highest BCUT2D eigenvalue weighted by atomic mass is 31.2. The van der Waals surface area contributed by atoms with Crippen molar-refractivity contribution in [2.24, 2.45) is 0 Å². The van der Waals surface area contributed by atoms with Crippen molar-refractivity contribution >= 4 is 13.5 Å². The van der Waals surface area contributed by atoms with Gasteiger partial charge >= 0.3 is 7.60 Å². The zero-order valence-electron chi connectivity index (χ0n) is 9.23. The Kier molecular flexibility index (Phi) is 9.15. The Labute approximate surface area is 85.3 Å². The highest BCUT2D eigenvalue weighted by molar-refractivity contribution is 7.52. The van der Waals surface area contributed by atoms with Crippen molar-refractivity contribution in [3.05, 3.63) is 0 Å². The molecule has 0 unspecified atom stereocenters. The first kappa shape index (κ1) is 16.1. The van der Waals surface area contributed by atoms with Crippen molar-refractivity contribution in [3.63, 3.8) is 0 Å². The van der Waals surface area contributed by atoms with Gasteiger partial charge in [0.15, 0.2) is 0 Å². The maximum Gasteiger partial charge on any atom is 0.334 e. The fraction of sp³-hybridized carbons (Fsp3) is 0.875. The maximum atomic E-state index is 10.6. The van der Waals surface area contributed by atoms with Crippen LogP contribution in [0.2, 0.25) is 0 Å². The Hall–Kier alpha value is -0.380. The lowest BCUT2D eigenvalue weighted by Crippen LogP contribution is -2.24. The van der Waals surface area contributed by atoms with Crippen LogP contribution in [0.3, 0.4) is 0 Å². The molecule has 0 rings (SSSR count). The van der Waals surface area contributed by atoms with E-state index in [1.54, 1.807) is 0 Å². The van der Waals surface area contributed by atoms with Gasteiger partial charge in [0.1, 0.15) is 6.16 Å². The smallest absolute Gasteiger partial charge is 0.334 e. The minimum absolute atomic E-state index is 0.562. The highest BCUT2D eigenvalue weighted by Crippen LogP contribution is 2.33. The Morgan fingerprint density at radius 1 is 1.21 bits per heavy atom. The first-order chi connectivity index (χ1) is 6.24. The largest absolute Gasteiger partial charge is 0.348 e. The van der Waals surface area contributed by atoms with E-state index >= 15 is 0 Å². The molecular formula is C8H20NO4P. The third-order valence-corrected chi connectivity index (χ3v) is 2.02. The molecular weight excluding hydrogens is 205 g/mol. The molecule has 0 spiro atoms. The fourth-order valence-electron chi connectivity index (χ4n) is 0.318. The van der Waals surface area contributed by atoms with E-state index in [2.05, 4.69) is 13.8 Å². The normalized spacial score (nSPS) is 10.1. The zero-order valence-corrected chi connectivity index (χ0v) is 10.1. The molecule has 5 nitrogen and oxygen atoms in total. The summed E-state index contributed by atoms with van der Waals surface area (Å²) in [5, 5.41) is 0. The van der Waals surface area contributed by atoms with Crippen LogP contribution >= 0.6 is 7.60 Å². The predicted molar refractivity (Wildman–Crippen MR) is 56.2 cm³/mol. The number of amides is 1. The quantitative estimate of drug-likeness (QED) is 0.704.